The molecule has 7 heteroatoms. The molecule has 28 heavy (non-hydrogen) atoms. The van der Waals surface area contributed by atoms with Gasteiger partial charge in [-0.1, -0.05) is 30.3 Å². The molecule has 1 saturated heterocycles. The molecule has 1 aliphatic heterocycles. The second-order valence-corrected chi connectivity index (χ2v) is 6.87. The number of nitrogens with one attached hydrogen (secondary N) is 3. The van der Waals surface area contributed by atoms with Crippen LogP contribution in [0.3, 0.4) is 0 Å². The van der Waals surface area contributed by atoms with Crippen molar-refractivity contribution in [3.63, 3.8) is 0 Å². The lowest BCUT2D eigenvalue weighted by atomic mass is 10.1. The van der Waals surface area contributed by atoms with E-state index in [1.807, 2.05) is 25.1 Å². The van der Waals surface area contributed by atoms with Crippen LogP contribution in [0.4, 0.5) is 0 Å². The van der Waals surface area contributed by atoms with Crippen LogP contribution in [0.2, 0.25) is 0 Å². The zero-order valence-corrected chi connectivity index (χ0v) is 16.9. The Labute approximate surface area is 168 Å². The Morgan fingerprint density at radius 2 is 2.07 bits per heavy atom. The van der Waals surface area contributed by atoms with E-state index in [0.29, 0.717) is 25.0 Å². The Morgan fingerprint density at radius 1 is 1.21 bits per heavy atom. The summed E-state index contributed by atoms with van der Waals surface area (Å²) in [6.45, 7) is 7.40. The number of guanidine groups is 1. The highest BCUT2D eigenvalue weighted by Crippen LogP contribution is 2.12. The molecule has 1 aromatic carbocycles. The number of carbonyl (C=O) groups is 1. The van der Waals surface area contributed by atoms with Crippen LogP contribution in [0.25, 0.3) is 0 Å². The van der Waals surface area contributed by atoms with Crippen LogP contribution < -0.4 is 16.0 Å². The number of hydrogen-bond acceptors (Lipinski definition) is 4. The largest absolute Gasteiger partial charge is 0.381 e. The first kappa shape index (κ1) is 22.2. The predicted octanol–water partition coefficient (Wildman–Crippen LogP) is 1.34. The van der Waals surface area contributed by atoms with Gasteiger partial charge in [0.2, 0.25) is 5.91 Å². The van der Waals surface area contributed by atoms with E-state index in [0.717, 1.165) is 52.2 Å². The number of ether oxygens (including phenoxy) is 2. The summed E-state index contributed by atoms with van der Waals surface area (Å²) in [4.78, 5) is 16.3. The zero-order valence-electron chi connectivity index (χ0n) is 16.9. The van der Waals surface area contributed by atoms with E-state index >= 15 is 0 Å². The van der Waals surface area contributed by atoms with Crippen molar-refractivity contribution in [3.8, 4) is 0 Å². The Kier molecular flexibility index (Phi) is 11.1. The van der Waals surface area contributed by atoms with Gasteiger partial charge in [0.1, 0.15) is 6.54 Å². The molecule has 1 aromatic rings. The molecular formula is C21H34N4O3. The van der Waals surface area contributed by atoms with E-state index in [4.69, 9.17) is 9.47 Å². The molecule has 1 heterocycles. The van der Waals surface area contributed by atoms with Gasteiger partial charge >= 0.3 is 0 Å². The number of amides is 1. The van der Waals surface area contributed by atoms with Crippen molar-refractivity contribution in [3.05, 3.63) is 35.9 Å². The maximum Gasteiger partial charge on any atom is 0.241 e. The van der Waals surface area contributed by atoms with Crippen LogP contribution in [0, 0.1) is 5.92 Å². The Balaban J connectivity index is 1.56. The first-order valence-electron chi connectivity index (χ1n) is 10.3. The van der Waals surface area contributed by atoms with Gasteiger partial charge in [0.05, 0.1) is 13.2 Å². The molecule has 0 spiro atoms. The summed E-state index contributed by atoms with van der Waals surface area (Å²) in [6, 6.07) is 10.1. The van der Waals surface area contributed by atoms with E-state index in [1.54, 1.807) is 0 Å². The minimum Gasteiger partial charge on any atom is -0.381 e. The summed E-state index contributed by atoms with van der Waals surface area (Å²) in [6.07, 6.45) is 2.81. The zero-order chi connectivity index (χ0) is 19.9. The molecule has 1 aliphatic rings. The molecule has 0 saturated carbocycles. The van der Waals surface area contributed by atoms with E-state index in [-0.39, 0.29) is 12.5 Å². The number of rotatable bonds is 12. The molecule has 7 nitrogen and oxygen atoms in total. The lowest BCUT2D eigenvalue weighted by Crippen LogP contribution is -2.39. The molecule has 0 bridgehead atoms. The fourth-order valence-electron chi connectivity index (χ4n) is 2.89. The van der Waals surface area contributed by atoms with Gasteiger partial charge in [0.15, 0.2) is 5.96 Å². The van der Waals surface area contributed by atoms with Gasteiger partial charge in [-0.25, -0.2) is 4.99 Å². The highest BCUT2D eigenvalue weighted by atomic mass is 16.5. The minimum absolute atomic E-state index is 0.0738. The van der Waals surface area contributed by atoms with Crippen molar-refractivity contribution in [1.82, 2.24) is 16.0 Å². The van der Waals surface area contributed by atoms with E-state index in [9.17, 15) is 4.79 Å². The SMILES string of the molecule is CCNC(=NCC(=O)NCCc1ccccc1)NCCCOCC1CCOC1. The Hall–Kier alpha value is -2.12. The van der Waals surface area contributed by atoms with Gasteiger partial charge in [-0.15, -0.1) is 0 Å². The molecule has 1 unspecified atom stereocenters. The van der Waals surface area contributed by atoms with Gasteiger partial charge in [0, 0.05) is 38.8 Å². The van der Waals surface area contributed by atoms with Crippen molar-refractivity contribution >= 4 is 11.9 Å². The normalized spacial score (nSPS) is 16.8. The average molecular weight is 391 g/mol. The standard InChI is InChI=1S/C21H34N4O3/c1-2-22-21(24-11-6-13-27-16-19-10-14-28-17-19)25-15-20(26)23-12-9-18-7-4-3-5-8-18/h3-5,7-8,19H,2,6,9-17H2,1H3,(H,23,26)(H2,22,24,25). The van der Waals surface area contributed by atoms with Gasteiger partial charge in [-0.05, 0) is 31.7 Å². The maximum absolute atomic E-state index is 12.0. The van der Waals surface area contributed by atoms with Crippen LogP contribution in [0.1, 0.15) is 25.3 Å². The number of aliphatic imine (C=N–C) groups is 1. The van der Waals surface area contributed by atoms with Crippen LogP contribution in [0.15, 0.2) is 35.3 Å². The molecule has 0 radical (unpaired) electrons. The number of hydrogen-bond donors (Lipinski definition) is 3. The van der Waals surface area contributed by atoms with Crippen molar-refractivity contribution in [1.29, 1.82) is 0 Å². The second kappa shape index (κ2) is 14.0. The topological polar surface area (TPSA) is 84.0 Å². The summed E-state index contributed by atoms with van der Waals surface area (Å²) >= 11 is 0. The quantitative estimate of drug-likeness (QED) is 0.285. The first-order chi connectivity index (χ1) is 13.8. The first-order valence-corrected chi connectivity index (χ1v) is 10.3. The summed E-state index contributed by atoms with van der Waals surface area (Å²) in [5, 5.41) is 9.31. The maximum atomic E-state index is 12.0. The Morgan fingerprint density at radius 3 is 2.82 bits per heavy atom. The third-order valence-corrected chi connectivity index (χ3v) is 4.44. The monoisotopic (exact) mass is 390 g/mol. The van der Waals surface area contributed by atoms with Crippen LogP contribution >= 0.6 is 0 Å². The average Bonchev–Trinajstić information content (AvgIpc) is 3.23. The van der Waals surface area contributed by atoms with E-state index < -0.39 is 0 Å². The fraction of sp³-hybridized carbons (Fsp3) is 0.619. The highest BCUT2D eigenvalue weighted by Gasteiger charge is 2.15. The predicted molar refractivity (Wildman–Crippen MR) is 111 cm³/mol. The number of benzene rings is 1. The summed E-state index contributed by atoms with van der Waals surface area (Å²) in [5.41, 5.74) is 1.21. The van der Waals surface area contributed by atoms with Crippen molar-refractivity contribution in [2.75, 3.05) is 52.6 Å². The number of carbonyl (C=O) groups excluding carboxylic acids is 1. The van der Waals surface area contributed by atoms with Crippen molar-refractivity contribution < 1.29 is 14.3 Å². The molecule has 3 N–H and O–H groups in total. The molecule has 1 amide bonds. The Bertz CT molecular complexity index is 574. The smallest absolute Gasteiger partial charge is 0.241 e. The van der Waals surface area contributed by atoms with E-state index in [2.05, 4.69) is 33.1 Å². The molecular weight excluding hydrogens is 356 g/mol. The summed E-state index contributed by atoms with van der Waals surface area (Å²) in [5.74, 6) is 1.13. The molecule has 156 valence electrons. The van der Waals surface area contributed by atoms with Crippen LogP contribution in [-0.4, -0.2) is 64.5 Å². The molecule has 0 aromatic heterocycles. The van der Waals surface area contributed by atoms with Crippen LogP contribution in [0.5, 0.6) is 0 Å². The molecule has 1 fully saturated rings. The second-order valence-electron chi connectivity index (χ2n) is 6.87. The number of nitrogens with zero attached hydrogens (tertiary/aromatic N) is 1. The fourth-order valence-corrected chi connectivity index (χ4v) is 2.89. The third kappa shape index (κ3) is 9.71. The van der Waals surface area contributed by atoms with Crippen molar-refractivity contribution in [2.24, 2.45) is 10.9 Å². The van der Waals surface area contributed by atoms with E-state index in [1.165, 1.54) is 5.56 Å². The van der Waals surface area contributed by atoms with Gasteiger partial charge in [-0.3, -0.25) is 4.79 Å². The highest BCUT2D eigenvalue weighted by molar-refractivity contribution is 5.84. The summed E-state index contributed by atoms with van der Waals surface area (Å²) < 4.78 is 11.0. The van der Waals surface area contributed by atoms with Gasteiger partial charge < -0.3 is 25.4 Å². The molecule has 2 rings (SSSR count). The van der Waals surface area contributed by atoms with Crippen LogP contribution in [-0.2, 0) is 20.7 Å². The van der Waals surface area contributed by atoms with Gasteiger partial charge in [-0.2, -0.15) is 0 Å². The third-order valence-electron chi connectivity index (χ3n) is 4.44. The lowest BCUT2D eigenvalue weighted by molar-refractivity contribution is -0.119. The molecule has 0 aliphatic carbocycles. The van der Waals surface area contributed by atoms with Crippen molar-refractivity contribution in [2.45, 2.75) is 26.2 Å². The summed E-state index contributed by atoms with van der Waals surface area (Å²) in [7, 11) is 0. The van der Waals surface area contributed by atoms with Gasteiger partial charge in [0.25, 0.3) is 0 Å². The molecule has 1 atom stereocenters. The lowest BCUT2D eigenvalue weighted by Gasteiger charge is -2.12. The minimum atomic E-state index is -0.0738.